The van der Waals surface area contributed by atoms with Crippen molar-refractivity contribution < 1.29 is 4.39 Å². The van der Waals surface area contributed by atoms with Gasteiger partial charge in [0, 0.05) is 22.0 Å². The molecule has 1 N–H and O–H groups in total. The first-order valence-electron chi connectivity index (χ1n) is 8.92. The molecular formula is C23H15FN4. The molecule has 0 fully saturated rings. The van der Waals surface area contributed by atoms with E-state index in [0.717, 1.165) is 27.7 Å². The molecule has 0 amide bonds. The topological polar surface area (TPSA) is 54.5 Å². The summed E-state index contributed by atoms with van der Waals surface area (Å²) in [4.78, 5) is 17.3. The largest absolute Gasteiger partial charge is 0.352 e. The lowest BCUT2D eigenvalue weighted by Crippen LogP contribution is -2.00. The SMILES string of the molecule is Fc1ccc2[nH]c(-c3nc(-c4ccccc4)nc(-c4ccccc4)n3)cc2c1. The monoisotopic (exact) mass is 366 g/mol. The van der Waals surface area contributed by atoms with Crippen LogP contribution in [-0.2, 0) is 0 Å². The minimum absolute atomic E-state index is 0.274. The highest BCUT2D eigenvalue weighted by Gasteiger charge is 2.13. The number of H-pyrrole nitrogens is 1. The van der Waals surface area contributed by atoms with Crippen molar-refractivity contribution in [1.82, 2.24) is 19.9 Å². The number of rotatable bonds is 3. The van der Waals surface area contributed by atoms with E-state index < -0.39 is 0 Å². The van der Waals surface area contributed by atoms with Crippen LogP contribution < -0.4 is 0 Å². The molecule has 0 atom stereocenters. The molecule has 0 aliphatic heterocycles. The quantitative estimate of drug-likeness (QED) is 0.459. The summed E-state index contributed by atoms with van der Waals surface area (Å²) in [5.74, 6) is 1.43. The molecule has 5 rings (SSSR count). The number of fused-ring (bicyclic) bond motifs is 1. The summed E-state index contributed by atoms with van der Waals surface area (Å²) < 4.78 is 13.6. The van der Waals surface area contributed by atoms with E-state index in [1.165, 1.54) is 12.1 Å². The van der Waals surface area contributed by atoms with Crippen molar-refractivity contribution in [2.45, 2.75) is 0 Å². The van der Waals surface area contributed by atoms with Crippen molar-refractivity contribution in [2.75, 3.05) is 0 Å². The van der Waals surface area contributed by atoms with E-state index in [1.54, 1.807) is 6.07 Å². The molecule has 2 aromatic heterocycles. The zero-order valence-electron chi connectivity index (χ0n) is 14.8. The van der Waals surface area contributed by atoms with Gasteiger partial charge in [-0.25, -0.2) is 19.3 Å². The molecule has 5 heteroatoms. The lowest BCUT2D eigenvalue weighted by Gasteiger charge is -2.07. The Balaban J connectivity index is 1.72. The smallest absolute Gasteiger partial charge is 0.180 e. The minimum atomic E-state index is -0.274. The Bertz CT molecular complexity index is 1210. The van der Waals surface area contributed by atoms with E-state index in [9.17, 15) is 4.39 Å². The van der Waals surface area contributed by atoms with Gasteiger partial charge < -0.3 is 4.98 Å². The second-order valence-corrected chi connectivity index (χ2v) is 6.45. The number of nitrogens with zero attached hydrogens (tertiary/aromatic N) is 3. The van der Waals surface area contributed by atoms with E-state index in [0.29, 0.717) is 17.5 Å². The summed E-state index contributed by atoms with van der Waals surface area (Å²) in [5, 5.41) is 0.776. The molecule has 0 saturated carbocycles. The third-order valence-electron chi connectivity index (χ3n) is 4.52. The van der Waals surface area contributed by atoms with Crippen LogP contribution in [0.3, 0.4) is 0 Å². The standard InChI is InChI=1S/C23H15FN4/c24-18-11-12-19-17(13-18)14-20(25-19)23-27-21(15-7-3-1-4-8-15)26-22(28-23)16-9-5-2-6-10-16/h1-14,25H. The Labute approximate surface area is 160 Å². The first-order chi connectivity index (χ1) is 13.8. The van der Waals surface area contributed by atoms with E-state index >= 15 is 0 Å². The number of aromatic amines is 1. The Morgan fingerprint density at radius 1 is 0.607 bits per heavy atom. The molecule has 0 unspecified atom stereocenters. The van der Waals surface area contributed by atoms with E-state index in [1.807, 2.05) is 66.7 Å². The van der Waals surface area contributed by atoms with Crippen molar-refractivity contribution >= 4 is 10.9 Å². The number of hydrogen-bond acceptors (Lipinski definition) is 3. The van der Waals surface area contributed by atoms with Crippen LogP contribution in [0.5, 0.6) is 0 Å². The Morgan fingerprint density at radius 3 is 1.79 bits per heavy atom. The van der Waals surface area contributed by atoms with Crippen molar-refractivity contribution in [3.63, 3.8) is 0 Å². The number of benzene rings is 3. The van der Waals surface area contributed by atoms with E-state index in [2.05, 4.69) is 19.9 Å². The molecule has 0 aliphatic carbocycles. The first kappa shape index (κ1) is 16.3. The van der Waals surface area contributed by atoms with Gasteiger partial charge in [-0.2, -0.15) is 0 Å². The number of halogens is 1. The highest BCUT2D eigenvalue weighted by atomic mass is 19.1. The second-order valence-electron chi connectivity index (χ2n) is 6.45. The van der Waals surface area contributed by atoms with Gasteiger partial charge in [0.15, 0.2) is 17.5 Å². The van der Waals surface area contributed by atoms with Gasteiger partial charge in [0.2, 0.25) is 0 Å². The highest BCUT2D eigenvalue weighted by molar-refractivity contribution is 5.85. The van der Waals surface area contributed by atoms with Crippen LogP contribution in [-0.4, -0.2) is 19.9 Å². The fraction of sp³-hybridized carbons (Fsp3) is 0. The first-order valence-corrected chi connectivity index (χ1v) is 8.92. The lowest BCUT2D eigenvalue weighted by molar-refractivity contribution is 0.630. The summed E-state index contributed by atoms with van der Waals surface area (Å²) in [5.41, 5.74) is 3.37. The van der Waals surface area contributed by atoms with Gasteiger partial charge in [0.25, 0.3) is 0 Å². The number of hydrogen-bond donors (Lipinski definition) is 1. The van der Waals surface area contributed by atoms with E-state index in [-0.39, 0.29) is 5.82 Å². The highest BCUT2D eigenvalue weighted by Crippen LogP contribution is 2.26. The summed E-state index contributed by atoms with van der Waals surface area (Å²) in [7, 11) is 0. The average Bonchev–Trinajstić information content (AvgIpc) is 3.18. The van der Waals surface area contributed by atoms with Gasteiger partial charge >= 0.3 is 0 Å². The predicted octanol–water partition coefficient (Wildman–Crippen LogP) is 5.49. The van der Waals surface area contributed by atoms with Gasteiger partial charge in [-0.1, -0.05) is 60.7 Å². The van der Waals surface area contributed by atoms with Crippen LogP contribution in [0.25, 0.3) is 45.2 Å². The molecular weight excluding hydrogens is 351 g/mol. The van der Waals surface area contributed by atoms with Crippen molar-refractivity contribution in [1.29, 1.82) is 0 Å². The predicted molar refractivity (Wildman–Crippen MR) is 108 cm³/mol. The Morgan fingerprint density at radius 2 is 1.18 bits per heavy atom. The van der Waals surface area contributed by atoms with Crippen molar-refractivity contribution in [3.05, 3.63) is 90.7 Å². The molecule has 5 aromatic rings. The average molecular weight is 366 g/mol. The molecule has 2 heterocycles. The molecule has 0 spiro atoms. The summed E-state index contributed by atoms with van der Waals surface area (Å²) >= 11 is 0. The van der Waals surface area contributed by atoms with E-state index in [4.69, 9.17) is 0 Å². The normalized spacial score (nSPS) is 11.0. The maximum absolute atomic E-state index is 13.6. The Hall–Kier alpha value is -3.86. The van der Waals surface area contributed by atoms with Crippen molar-refractivity contribution in [3.8, 4) is 34.3 Å². The summed E-state index contributed by atoms with van der Waals surface area (Å²) in [6.45, 7) is 0. The Kier molecular flexibility index (Phi) is 3.91. The van der Waals surface area contributed by atoms with Gasteiger partial charge in [-0.3, -0.25) is 0 Å². The lowest BCUT2D eigenvalue weighted by atomic mass is 10.2. The fourth-order valence-electron chi connectivity index (χ4n) is 3.15. The summed E-state index contributed by atoms with van der Waals surface area (Å²) in [6.07, 6.45) is 0. The zero-order valence-corrected chi connectivity index (χ0v) is 14.8. The molecule has 0 saturated heterocycles. The summed E-state index contributed by atoms with van der Waals surface area (Å²) in [6, 6.07) is 26.1. The van der Waals surface area contributed by atoms with Crippen LogP contribution in [0.4, 0.5) is 4.39 Å². The second kappa shape index (κ2) is 6.70. The molecule has 0 bridgehead atoms. The molecule has 28 heavy (non-hydrogen) atoms. The molecule has 4 nitrogen and oxygen atoms in total. The van der Waals surface area contributed by atoms with Crippen LogP contribution >= 0.6 is 0 Å². The third kappa shape index (κ3) is 3.03. The van der Waals surface area contributed by atoms with Gasteiger partial charge in [-0.05, 0) is 24.3 Å². The van der Waals surface area contributed by atoms with Crippen LogP contribution in [0.2, 0.25) is 0 Å². The van der Waals surface area contributed by atoms with Crippen LogP contribution in [0.15, 0.2) is 84.9 Å². The maximum Gasteiger partial charge on any atom is 0.180 e. The molecule has 134 valence electrons. The maximum atomic E-state index is 13.6. The fourth-order valence-corrected chi connectivity index (χ4v) is 3.15. The van der Waals surface area contributed by atoms with Crippen molar-refractivity contribution in [2.24, 2.45) is 0 Å². The minimum Gasteiger partial charge on any atom is -0.352 e. The molecule has 0 aliphatic rings. The van der Waals surface area contributed by atoms with Gasteiger partial charge in [-0.15, -0.1) is 0 Å². The zero-order chi connectivity index (χ0) is 18.9. The molecule has 3 aromatic carbocycles. The van der Waals surface area contributed by atoms with Gasteiger partial charge in [0.1, 0.15) is 5.82 Å². The molecule has 0 radical (unpaired) electrons. The number of aromatic nitrogens is 4. The third-order valence-corrected chi connectivity index (χ3v) is 4.52. The van der Waals surface area contributed by atoms with Gasteiger partial charge in [0.05, 0.1) is 5.69 Å². The van der Waals surface area contributed by atoms with Crippen LogP contribution in [0.1, 0.15) is 0 Å². The van der Waals surface area contributed by atoms with Crippen LogP contribution in [0, 0.1) is 5.82 Å². The number of nitrogens with one attached hydrogen (secondary N) is 1.